The first-order valence-electron chi connectivity index (χ1n) is 10.7. The summed E-state index contributed by atoms with van der Waals surface area (Å²) < 4.78 is 46.8. The Balaban J connectivity index is 1.86. The van der Waals surface area contributed by atoms with Crippen LogP contribution in [0.15, 0.2) is 30.3 Å². The van der Waals surface area contributed by atoms with Gasteiger partial charge >= 0.3 is 6.18 Å². The predicted molar refractivity (Wildman–Crippen MR) is 119 cm³/mol. The van der Waals surface area contributed by atoms with Crippen molar-refractivity contribution in [2.24, 2.45) is 0 Å². The van der Waals surface area contributed by atoms with E-state index in [2.05, 4.69) is 16.9 Å². The summed E-state index contributed by atoms with van der Waals surface area (Å²) >= 11 is 6.82. The molecular weight excluding hydrogens is 442 g/mol. The fraction of sp³-hybridized carbons (Fsp3) is 0.545. The SMILES string of the molecule is C[C]1([AlH2])CCCCCCCC1c1ccc(C(Oc2cc(Cl)nc(N)n2)C(F)(F)F)cc1. The van der Waals surface area contributed by atoms with E-state index in [0.29, 0.717) is 5.92 Å². The van der Waals surface area contributed by atoms with Gasteiger partial charge in [-0.2, -0.15) is 18.2 Å². The highest BCUT2D eigenvalue weighted by molar-refractivity contribution is 6.29. The molecule has 2 N–H and O–H groups in total. The number of nitrogens with two attached hydrogens (primary N) is 1. The highest BCUT2D eigenvalue weighted by Crippen LogP contribution is 2.48. The molecule has 0 saturated heterocycles. The first-order valence-corrected chi connectivity index (χ1v) is 12.1. The number of nitrogens with zero attached hydrogens (tertiary/aromatic N) is 2. The van der Waals surface area contributed by atoms with Crippen LogP contribution in [0.1, 0.15) is 75.0 Å². The molecule has 1 aromatic carbocycles. The molecule has 1 heterocycles. The van der Waals surface area contributed by atoms with Gasteiger partial charge in [0.1, 0.15) is 5.15 Å². The molecule has 168 valence electrons. The molecule has 2 aromatic rings. The quantitative estimate of drug-likeness (QED) is 0.438. The third kappa shape index (κ3) is 6.50. The molecule has 1 fully saturated rings. The fourth-order valence-corrected chi connectivity index (χ4v) is 5.62. The summed E-state index contributed by atoms with van der Waals surface area (Å²) in [4.78, 5) is 7.36. The van der Waals surface area contributed by atoms with Crippen LogP contribution in [0.5, 0.6) is 5.88 Å². The van der Waals surface area contributed by atoms with Crippen LogP contribution in [0.4, 0.5) is 19.1 Å². The predicted octanol–water partition coefficient (Wildman–Crippen LogP) is 6.03. The molecule has 0 radical (unpaired) electrons. The van der Waals surface area contributed by atoms with Crippen molar-refractivity contribution >= 4 is 33.8 Å². The van der Waals surface area contributed by atoms with E-state index in [1.54, 1.807) is 0 Å². The Labute approximate surface area is 194 Å². The van der Waals surface area contributed by atoms with Gasteiger partial charge in [0.05, 0.1) is 0 Å². The molecule has 31 heavy (non-hydrogen) atoms. The van der Waals surface area contributed by atoms with Gasteiger partial charge in [0.25, 0.3) is 0 Å². The Hall–Kier alpha value is -1.49. The number of aromatic nitrogens is 2. The lowest BCUT2D eigenvalue weighted by molar-refractivity contribution is -0.198. The fourth-order valence-electron chi connectivity index (χ4n) is 4.46. The van der Waals surface area contributed by atoms with Gasteiger partial charge in [0.2, 0.25) is 34.2 Å². The Morgan fingerprint density at radius 3 is 2.42 bits per heavy atom. The second-order valence-electron chi connectivity index (χ2n) is 8.94. The van der Waals surface area contributed by atoms with Gasteiger partial charge in [0, 0.05) is 11.6 Å². The van der Waals surface area contributed by atoms with Crippen molar-refractivity contribution in [2.75, 3.05) is 5.73 Å². The van der Waals surface area contributed by atoms with E-state index in [4.69, 9.17) is 22.1 Å². The second kappa shape index (κ2) is 9.98. The van der Waals surface area contributed by atoms with Crippen molar-refractivity contribution in [2.45, 2.75) is 74.3 Å². The summed E-state index contributed by atoms with van der Waals surface area (Å²) in [5.41, 5.74) is 6.61. The molecular formula is C22H28AlClF3N3O. The molecule has 0 spiro atoms. The zero-order valence-corrected chi connectivity index (χ0v) is 20.6. The second-order valence-corrected chi connectivity index (χ2v) is 11.6. The first kappa shape index (κ1) is 24.2. The molecule has 0 amide bonds. The van der Waals surface area contributed by atoms with Crippen molar-refractivity contribution in [3.63, 3.8) is 0 Å². The normalized spacial score (nSPS) is 24.0. The van der Waals surface area contributed by atoms with E-state index >= 15 is 0 Å². The third-order valence-corrected chi connectivity index (χ3v) is 7.51. The van der Waals surface area contributed by atoms with E-state index in [1.807, 2.05) is 12.1 Å². The smallest absolute Gasteiger partial charge is 0.429 e. The first-order chi connectivity index (χ1) is 14.6. The van der Waals surface area contributed by atoms with Crippen LogP contribution in [-0.4, -0.2) is 32.4 Å². The van der Waals surface area contributed by atoms with Crippen molar-refractivity contribution in [3.05, 3.63) is 46.6 Å². The topological polar surface area (TPSA) is 61.0 Å². The zero-order valence-electron chi connectivity index (χ0n) is 17.9. The molecule has 0 bridgehead atoms. The number of hydrogen-bond donors (Lipinski definition) is 1. The van der Waals surface area contributed by atoms with Gasteiger partial charge in [-0.25, -0.2) is 4.98 Å². The van der Waals surface area contributed by atoms with Gasteiger partial charge in [0.15, 0.2) is 0 Å². The number of nitrogen functional groups attached to an aromatic ring is 1. The zero-order chi connectivity index (χ0) is 22.6. The molecule has 1 aliphatic rings. The summed E-state index contributed by atoms with van der Waals surface area (Å²) in [6.07, 6.45) is 1.61. The molecule has 3 atom stereocenters. The molecule has 0 aliphatic heterocycles. The maximum absolute atomic E-state index is 13.8. The standard InChI is InChI=1S/C22H26ClF3N3O.Al.2H/c1-14-7-5-3-2-4-6-8-17(14)15-9-11-16(12-10-15)20(22(24,25)26)30-19-13-18(23)28-21(27)29-19;;;/h9-13,17,20H,2-8H2,1H3,(H2,27,28,29);;;. The van der Waals surface area contributed by atoms with Crippen molar-refractivity contribution in [3.8, 4) is 5.88 Å². The van der Waals surface area contributed by atoms with E-state index < -0.39 is 12.3 Å². The van der Waals surface area contributed by atoms with Gasteiger partial charge in [-0.1, -0.05) is 85.6 Å². The molecule has 1 aliphatic carbocycles. The number of halogens is 4. The van der Waals surface area contributed by atoms with Gasteiger partial charge in [-0.3, -0.25) is 0 Å². The summed E-state index contributed by atoms with van der Waals surface area (Å²) in [5, 5.41) is -0.0784. The number of ether oxygens (including phenoxy) is 1. The number of rotatable bonds is 4. The average molecular weight is 470 g/mol. The summed E-state index contributed by atoms with van der Waals surface area (Å²) in [6.45, 7) is 2.33. The molecule has 3 rings (SSSR count). The van der Waals surface area contributed by atoms with E-state index in [-0.39, 0.29) is 26.8 Å². The van der Waals surface area contributed by atoms with Crippen LogP contribution < -0.4 is 10.5 Å². The minimum absolute atomic E-state index is 0.0164. The maximum atomic E-state index is 13.8. The lowest BCUT2D eigenvalue weighted by atomic mass is 9.80. The lowest BCUT2D eigenvalue weighted by Gasteiger charge is -2.35. The Morgan fingerprint density at radius 2 is 1.77 bits per heavy atom. The van der Waals surface area contributed by atoms with E-state index in [9.17, 15) is 13.2 Å². The van der Waals surface area contributed by atoms with Crippen molar-refractivity contribution in [1.82, 2.24) is 9.97 Å². The molecule has 3 unspecified atom stereocenters. The molecule has 4 nitrogen and oxygen atoms in total. The Kier molecular flexibility index (Phi) is 7.78. The van der Waals surface area contributed by atoms with Crippen molar-refractivity contribution in [1.29, 1.82) is 0 Å². The van der Waals surface area contributed by atoms with Crippen molar-refractivity contribution < 1.29 is 17.9 Å². The lowest BCUT2D eigenvalue weighted by Crippen LogP contribution is -2.26. The third-order valence-electron chi connectivity index (χ3n) is 6.12. The van der Waals surface area contributed by atoms with Gasteiger partial charge < -0.3 is 10.5 Å². The van der Waals surface area contributed by atoms with Crippen LogP contribution in [0, 0.1) is 0 Å². The van der Waals surface area contributed by atoms with Crippen LogP contribution >= 0.6 is 11.6 Å². The number of hydrogen-bond acceptors (Lipinski definition) is 4. The van der Waals surface area contributed by atoms with E-state index in [0.717, 1.165) is 40.8 Å². The minimum Gasteiger partial charge on any atom is -0.460 e. The Bertz CT molecular complexity index is 857. The minimum atomic E-state index is -4.63. The molecule has 1 aromatic heterocycles. The van der Waals surface area contributed by atoms with Crippen LogP contribution in [0.2, 0.25) is 9.43 Å². The number of anilines is 1. The summed E-state index contributed by atoms with van der Waals surface area (Å²) in [5.74, 6) is -0.185. The summed E-state index contributed by atoms with van der Waals surface area (Å²) in [7, 11) is 0. The number of alkyl halides is 3. The monoisotopic (exact) mass is 469 g/mol. The van der Waals surface area contributed by atoms with Crippen LogP contribution in [0.3, 0.4) is 0 Å². The van der Waals surface area contributed by atoms with Gasteiger partial charge in [-0.15, -0.1) is 0 Å². The van der Waals surface area contributed by atoms with Crippen LogP contribution in [-0.2, 0) is 0 Å². The van der Waals surface area contributed by atoms with Gasteiger partial charge in [-0.05, 0) is 17.9 Å². The largest absolute Gasteiger partial charge is 0.460 e. The summed E-state index contributed by atoms with van der Waals surface area (Å²) in [6, 6.07) is 7.82. The average Bonchev–Trinajstić information content (AvgIpc) is 2.75. The molecule has 9 heteroatoms. The highest BCUT2D eigenvalue weighted by atomic mass is 35.5. The maximum Gasteiger partial charge on any atom is 0.429 e. The van der Waals surface area contributed by atoms with Crippen LogP contribution in [0.25, 0.3) is 0 Å². The number of benzene rings is 1. The molecule has 1 saturated carbocycles. The van der Waals surface area contributed by atoms with E-state index in [1.165, 1.54) is 44.2 Å². The Morgan fingerprint density at radius 1 is 1.13 bits per heavy atom. The highest BCUT2D eigenvalue weighted by Gasteiger charge is 2.43.